The average Bonchev–Trinajstić information content (AvgIpc) is 2.80. The summed E-state index contributed by atoms with van der Waals surface area (Å²) in [5, 5.41) is 1.68. The average molecular weight is 277 g/mol. The minimum Gasteiger partial charge on any atom is -0.307 e. The first-order valence-corrected chi connectivity index (χ1v) is 6.68. The van der Waals surface area contributed by atoms with Gasteiger partial charge in [0.25, 0.3) is 5.91 Å². The summed E-state index contributed by atoms with van der Waals surface area (Å²) < 4.78 is 1.92. The molecule has 0 bridgehead atoms. The Labute approximate surface area is 112 Å². The number of urea groups is 1. The number of nitrogens with zero attached hydrogens (tertiary/aromatic N) is 2. The molecule has 0 spiro atoms. The summed E-state index contributed by atoms with van der Waals surface area (Å²) in [4.78, 5) is 26.8. The second-order valence-electron chi connectivity index (χ2n) is 3.98. The summed E-state index contributed by atoms with van der Waals surface area (Å²) in [5.74, 6) is 0.223. The fraction of sp³-hybridized carbons (Fsp3) is 0.182. The van der Waals surface area contributed by atoms with Crippen LogP contribution in [0.15, 0.2) is 30.6 Å². The summed E-state index contributed by atoms with van der Waals surface area (Å²) in [6.07, 6.45) is 3.84. The third kappa shape index (κ3) is 2.54. The van der Waals surface area contributed by atoms with Gasteiger partial charge >= 0.3 is 6.03 Å². The highest BCUT2D eigenvalue weighted by Gasteiger charge is 2.26. The number of hydrazine groups is 1. The molecule has 2 aromatic heterocycles. The van der Waals surface area contributed by atoms with E-state index in [9.17, 15) is 9.59 Å². The van der Waals surface area contributed by atoms with Gasteiger partial charge in [-0.15, -0.1) is 11.8 Å². The Hall–Kier alpha value is -2.06. The van der Waals surface area contributed by atoms with E-state index < -0.39 is 11.4 Å². The molecule has 98 valence electrons. The molecule has 2 aromatic rings. The summed E-state index contributed by atoms with van der Waals surface area (Å²) in [7, 11) is 0. The number of fused-ring (bicyclic) bond motifs is 1. The second-order valence-corrected chi connectivity index (χ2v) is 5.07. The Morgan fingerprint density at radius 2 is 2.26 bits per heavy atom. The van der Waals surface area contributed by atoms with Crippen LogP contribution < -0.4 is 16.2 Å². The van der Waals surface area contributed by atoms with Crippen molar-refractivity contribution in [1.82, 2.24) is 25.6 Å². The number of pyridine rings is 1. The van der Waals surface area contributed by atoms with Crippen LogP contribution in [-0.4, -0.2) is 26.7 Å². The van der Waals surface area contributed by atoms with Gasteiger partial charge in [0.15, 0.2) is 5.37 Å². The Morgan fingerprint density at radius 1 is 1.37 bits per heavy atom. The summed E-state index contributed by atoms with van der Waals surface area (Å²) >= 11 is 1.36. The first kappa shape index (κ1) is 12.0. The zero-order valence-corrected chi connectivity index (χ0v) is 10.6. The van der Waals surface area contributed by atoms with Crippen molar-refractivity contribution in [2.24, 2.45) is 0 Å². The van der Waals surface area contributed by atoms with Gasteiger partial charge in [-0.1, -0.05) is 6.07 Å². The maximum Gasteiger partial charge on any atom is 0.335 e. The number of imidazole rings is 1. The lowest BCUT2D eigenvalue weighted by Crippen LogP contribution is -2.61. The third-order valence-electron chi connectivity index (χ3n) is 2.60. The number of rotatable bonds is 3. The number of carbonyl (C=O) groups is 2. The standard InChI is InChI=1S/C11H11N5O2S/c17-9-10(14-15-11(18)13-9)19-6-7-5-16-4-2-1-3-8(16)12-7/h1-5,10,14H,6H2,(H2,13,15,17,18). The molecular weight excluding hydrogens is 266 g/mol. The normalized spacial score (nSPS) is 19.3. The van der Waals surface area contributed by atoms with E-state index in [1.165, 1.54) is 11.8 Å². The van der Waals surface area contributed by atoms with Crippen LogP contribution in [0.3, 0.4) is 0 Å². The van der Waals surface area contributed by atoms with Crippen molar-refractivity contribution >= 4 is 29.3 Å². The first-order chi connectivity index (χ1) is 9.22. The molecule has 19 heavy (non-hydrogen) atoms. The van der Waals surface area contributed by atoms with Gasteiger partial charge in [-0.2, -0.15) is 0 Å². The van der Waals surface area contributed by atoms with Crippen molar-refractivity contribution in [2.75, 3.05) is 0 Å². The van der Waals surface area contributed by atoms with E-state index in [1.807, 2.05) is 35.0 Å². The maximum atomic E-state index is 11.5. The van der Waals surface area contributed by atoms with Gasteiger partial charge in [0, 0.05) is 18.1 Å². The highest BCUT2D eigenvalue weighted by atomic mass is 32.2. The molecule has 7 nitrogen and oxygen atoms in total. The summed E-state index contributed by atoms with van der Waals surface area (Å²) in [6, 6.07) is 5.23. The van der Waals surface area contributed by atoms with Crippen molar-refractivity contribution in [2.45, 2.75) is 11.1 Å². The van der Waals surface area contributed by atoms with Crippen LogP contribution in [0.4, 0.5) is 4.79 Å². The molecule has 1 aliphatic rings. The third-order valence-corrected chi connectivity index (χ3v) is 3.73. The van der Waals surface area contributed by atoms with E-state index in [0.29, 0.717) is 5.75 Å². The van der Waals surface area contributed by atoms with Crippen molar-refractivity contribution < 1.29 is 9.59 Å². The summed E-state index contributed by atoms with van der Waals surface area (Å²) in [5.41, 5.74) is 6.74. The van der Waals surface area contributed by atoms with Crippen molar-refractivity contribution in [3.8, 4) is 0 Å². The van der Waals surface area contributed by atoms with Crippen molar-refractivity contribution in [3.63, 3.8) is 0 Å². The van der Waals surface area contributed by atoms with Crippen LogP contribution in [0.2, 0.25) is 0 Å². The van der Waals surface area contributed by atoms with Crippen LogP contribution in [0.1, 0.15) is 5.69 Å². The number of hydrogen-bond donors (Lipinski definition) is 3. The topological polar surface area (TPSA) is 87.5 Å². The number of hydrogen-bond acceptors (Lipinski definition) is 5. The number of aromatic nitrogens is 2. The predicted molar refractivity (Wildman–Crippen MR) is 70.1 cm³/mol. The molecule has 0 saturated carbocycles. The van der Waals surface area contributed by atoms with Crippen LogP contribution in [0, 0.1) is 0 Å². The van der Waals surface area contributed by atoms with Crippen molar-refractivity contribution in [3.05, 3.63) is 36.3 Å². The number of carbonyl (C=O) groups excluding carboxylic acids is 2. The van der Waals surface area contributed by atoms with Gasteiger partial charge in [0.2, 0.25) is 0 Å². The van der Waals surface area contributed by atoms with E-state index in [1.54, 1.807) is 0 Å². The van der Waals surface area contributed by atoms with Gasteiger partial charge in [-0.05, 0) is 12.1 Å². The number of thioether (sulfide) groups is 1. The molecule has 3 heterocycles. The molecule has 8 heteroatoms. The smallest absolute Gasteiger partial charge is 0.307 e. The molecule has 1 fully saturated rings. The quantitative estimate of drug-likeness (QED) is 0.748. The van der Waals surface area contributed by atoms with Crippen LogP contribution in [0.5, 0.6) is 0 Å². The molecule has 0 aliphatic carbocycles. The fourth-order valence-electron chi connectivity index (χ4n) is 1.75. The molecule has 3 N–H and O–H groups in total. The number of nitrogens with one attached hydrogen (secondary N) is 3. The Bertz CT molecular complexity index is 608. The second kappa shape index (κ2) is 4.90. The van der Waals surface area contributed by atoms with Gasteiger partial charge in [0.05, 0.1) is 5.69 Å². The molecule has 1 unspecified atom stereocenters. The zero-order valence-electron chi connectivity index (χ0n) is 9.79. The molecule has 3 rings (SSSR count). The van der Waals surface area contributed by atoms with Gasteiger partial charge < -0.3 is 4.40 Å². The molecule has 0 radical (unpaired) electrons. The number of imide groups is 1. The molecule has 1 atom stereocenters. The van der Waals surface area contributed by atoms with Crippen molar-refractivity contribution in [1.29, 1.82) is 0 Å². The Morgan fingerprint density at radius 3 is 3.05 bits per heavy atom. The lowest BCUT2D eigenvalue weighted by molar-refractivity contribution is -0.120. The van der Waals surface area contributed by atoms with Gasteiger partial charge in [-0.25, -0.2) is 15.2 Å². The highest BCUT2D eigenvalue weighted by molar-refractivity contribution is 7.99. The largest absolute Gasteiger partial charge is 0.335 e. The van der Waals surface area contributed by atoms with Gasteiger partial charge in [0.1, 0.15) is 5.65 Å². The zero-order chi connectivity index (χ0) is 13.2. The lowest BCUT2D eigenvalue weighted by atomic mass is 10.5. The Kier molecular flexibility index (Phi) is 3.10. The molecule has 3 amide bonds. The van der Waals surface area contributed by atoms with Crippen LogP contribution in [-0.2, 0) is 10.5 Å². The highest BCUT2D eigenvalue weighted by Crippen LogP contribution is 2.17. The summed E-state index contributed by atoms with van der Waals surface area (Å²) in [6.45, 7) is 0. The van der Waals surface area contributed by atoms with Crippen LogP contribution >= 0.6 is 11.8 Å². The minimum atomic E-state index is -0.533. The SMILES string of the molecule is O=C1NNC(SCc2cn3ccccc3n2)C(=O)N1. The first-order valence-electron chi connectivity index (χ1n) is 5.63. The van der Waals surface area contributed by atoms with E-state index >= 15 is 0 Å². The van der Waals surface area contributed by atoms with E-state index in [0.717, 1.165) is 11.3 Å². The number of amides is 3. The predicted octanol–water partition coefficient (Wildman–Crippen LogP) is 0.238. The molecule has 1 aliphatic heterocycles. The minimum absolute atomic E-state index is 0.350. The molecular formula is C11H11N5O2S. The van der Waals surface area contributed by atoms with E-state index in [2.05, 4.69) is 21.2 Å². The lowest BCUT2D eigenvalue weighted by Gasteiger charge is -2.22. The van der Waals surface area contributed by atoms with E-state index in [4.69, 9.17) is 0 Å². The molecule has 1 saturated heterocycles. The Balaban J connectivity index is 1.65. The van der Waals surface area contributed by atoms with E-state index in [-0.39, 0.29) is 5.91 Å². The van der Waals surface area contributed by atoms with Crippen LogP contribution in [0.25, 0.3) is 5.65 Å². The fourth-order valence-corrected chi connectivity index (χ4v) is 2.58. The maximum absolute atomic E-state index is 11.5. The monoisotopic (exact) mass is 277 g/mol. The molecule has 0 aromatic carbocycles. The van der Waals surface area contributed by atoms with Gasteiger partial charge in [-0.3, -0.25) is 15.5 Å².